The Morgan fingerprint density at radius 3 is 2.67 bits per heavy atom. The number of aromatic nitrogens is 1. The molecule has 0 aliphatic heterocycles. The molecule has 0 aliphatic carbocycles. The summed E-state index contributed by atoms with van der Waals surface area (Å²) in [5.74, 6) is 0. The number of thioether (sulfide) groups is 1. The van der Waals surface area contributed by atoms with E-state index in [2.05, 4.69) is 4.98 Å². The van der Waals surface area contributed by atoms with E-state index in [1.807, 2.05) is 6.26 Å². The molecule has 0 radical (unpaired) electrons. The number of hydrogen-bond donors (Lipinski definition) is 0. The Labute approximate surface area is 79.6 Å². The fraction of sp³-hybridized carbons (Fsp3) is 0.167. The van der Waals surface area contributed by atoms with Crippen LogP contribution in [0.1, 0.15) is 0 Å². The molecule has 0 saturated carbocycles. The summed E-state index contributed by atoms with van der Waals surface area (Å²) >= 11 is 1.36. The quantitative estimate of drug-likeness (QED) is 0.566. The third-order valence-electron chi connectivity index (χ3n) is 1.16. The van der Waals surface area contributed by atoms with Crippen LogP contribution < -0.4 is 0 Å². The fourth-order valence-electron chi connectivity index (χ4n) is 0.645. The molecule has 3 nitrogen and oxygen atoms in total. The Bertz CT molecular complexity index is 377. The number of halogens is 1. The van der Waals surface area contributed by atoms with E-state index >= 15 is 0 Å². The summed E-state index contributed by atoms with van der Waals surface area (Å²) < 4.78 is 21.6. The summed E-state index contributed by atoms with van der Waals surface area (Å²) in [5, 5.41) is 0.535. The van der Waals surface area contributed by atoms with Crippen LogP contribution in [0.25, 0.3) is 0 Å². The van der Waals surface area contributed by atoms with E-state index in [4.69, 9.17) is 10.7 Å². The Morgan fingerprint density at radius 1 is 1.50 bits per heavy atom. The molecular weight excluding hydrogens is 218 g/mol. The molecule has 0 spiro atoms. The first kappa shape index (κ1) is 9.83. The van der Waals surface area contributed by atoms with Crippen molar-refractivity contribution in [1.82, 2.24) is 4.98 Å². The highest BCUT2D eigenvalue weighted by atomic mass is 35.7. The lowest BCUT2D eigenvalue weighted by molar-refractivity contribution is 0.605. The molecule has 0 amide bonds. The highest BCUT2D eigenvalue weighted by Gasteiger charge is 2.11. The lowest BCUT2D eigenvalue weighted by Gasteiger charge is -1.97. The van der Waals surface area contributed by atoms with E-state index in [-0.39, 0.29) is 5.03 Å². The minimum absolute atomic E-state index is 0.101. The first-order chi connectivity index (χ1) is 5.54. The monoisotopic (exact) mass is 223 g/mol. The van der Waals surface area contributed by atoms with Crippen molar-refractivity contribution in [2.24, 2.45) is 0 Å². The topological polar surface area (TPSA) is 47.0 Å². The van der Waals surface area contributed by atoms with Crippen LogP contribution in [-0.4, -0.2) is 19.7 Å². The summed E-state index contributed by atoms with van der Waals surface area (Å²) in [6.07, 6.45) is 1.81. The van der Waals surface area contributed by atoms with Gasteiger partial charge in [-0.15, -0.1) is 11.8 Å². The van der Waals surface area contributed by atoms with Gasteiger partial charge in [-0.1, -0.05) is 6.07 Å². The number of pyridine rings is 1. The van der Waals surface area contributed by atoms with Gasteiger partial charge in [0.2, 0.25) is 0 Å². The molecule has 66 valence electrons. The Kier molecular flexibility index (Phi) is 2.98. The maximum Gasteiger partial charge on any atom is 0.278 e. The van der Waals surface area contributed by atoms with Gasteiger partial charge in [-0.05, 0) is 18.4 Å². The van der Waals surface area contributed by atoms with Gasteiger partial charge in [-0.3, -0.25) is 0 Å². The van der Waals surface area contributed by atoms with Gasteiger partial charge in [0, 0.05) is 10.7 Å². The second-order valence-corrected chi connectivity index (χ2v) is 5.30. The summed E-state index contributed by atoms with van der Waals surface area (Å²) in [6.45, 7) is 0. The Balaban J connectivity index is 3.20. The minimum Gasteiger partial charge on any atom is -0.229 e. The molecule has 0 bridgehead atoms. The molecule has 0 atom stereocenters. The van der Waals surface area contributed by atoms with Crippen LogP contribution in [0.3, 0.4) is 0 Å². The lowest BCUT2D eigenvalue weighted by Crippen LogP contribution is -1.94. The zero-order chi connectivity index (χ0) is 9.19. The third-order valence-corrected chi connectivity index (χ3v) is 3.00. The van der Waals surface area contributed by atoms with Crippen molar-refractivity contribution < 1.29 is 8.42 Å². The van der Waals surface area contributed by atoms with Gasteiger partial charge in [0.15, 0.2) is 5.03 Å². The van der Waals surface area contributed by atoms with Gasteiger partial charge in [-0.2, -0.15) is 0 Å². The molecule has 1 aromatic heterocycles. The number of hydrogen-bond acceptors (Lipinski definition) is 4. The molecule has 0 aromatic carbocycles. The van der Waals surface area contributed by atoms with E-state index in [0.717, 1.165) is 0 Å². The van der Waals surface area contributed by atoms with Crippen LogP contribution in [-0.2, 0) is 9.05 Å². The largest absolute Gasteiger partial charge is 0.278 e. The molecule has 0 aliphatic rings. The van der Waals surface area contributed by atoms with Gasteiger partial charge in [0.1, 0.15) is 0 Å². The van der Waals surface area contributed by atoms with Crippen molar-refractivity contribution in [3.8, 4) is 0 Å². The smallest absolute Gasteiger partial charge is 0.229 e. The van der Waals surface area contributed by atoms with E-state index < -0.39 is 9.05 Å². The second-order valence-electron chi connectivity index (χ2n) is 1.96. The molecule has 0 unspecified atom stereocenters. The van der Waals surface area contributed by atoms with Crippen molar-refractivity contribution >= 4 is 31.5 Å². The predicted molar refractivity (Wildman–Crippen MR) is 49.1 cm³/mol. The molecule has 1 aromatic rings. The van der Waals surface area contributed by atoms with Gasteiger partial charge in [-0.25, -0.2) is 13.4 Å². The lowest BCUT2D eigenvalue weighted by atomic mass is 10.5. The zero-order valence-corrected chi connectivity index (χ0v) is 8.58. The van der Waals surface area contributed by atoms with Crippen molar-refractivity contribution in [2.45, 2.75) is 10.1 Å². The normalized spacial score (nSPS) is 11.5. The predicted octanol–water partition coefficient (Wildman–Crippen LogP) is 1.73. The SMILES string of the molecule is CSc1cccc(S(=O)(=O)Cl)n1. The van der Waals surface area contributed by atoms with E-state index in [1.54, 1.807) is 12.1 Å². The molecular formula is C6H6ClNO2S2. The Hall–Kier alpha value is -0.260. The second kappa shape index (κ2) is 3.64. The van der Waals surface area contributed by atoms with Gasteiger partial charge < -0.3 is 0 Å². The van der Waals surface area contributed by atoms with Crippen molar-refractivity contribution in [3.63, 3.8) is 0 Å². The molecule has 12 heavy (non-hydrogen) atoms. The molecule has 0 N–H and O–H groups in total. The maximum absolute atomic E-state index is 10.8. The minimum atomic E-state index is -3.69. The van der Waals surface area contributed by atoms with Gasteiger partial charge in [0.25, 0.3) is 9.05 Å². The zero-order valence-electron chi connectivity index (χ0n) is 6.19. The highest BCUT2D eigenvalue weighted by molar-refractivity contribution is 8.13. The molecule has 1 heterocycles. The summed E-state index contributed by atoms with van der Waals surface area (Å²) in [5.41, 5.74) is 0. The van der Waals surface area contributed by atoms with Crippen molar-refractivity contribution in [1.29, 1.82) is 0 Å². The van der Waals surface area contributed by atoms with Crippen LogP contribution in [0.5, 0.6) is 0 Å². The van der Waals surface area contributed by atoms with Crippen molar-refractivity contribution in [3.05, 3.63) is 18.2 Å². The molecule has 0 fully saturated rings. The number of nitrogens with zero attached hydrogens (tertiary/aromatic N) is 1. The van der Waals surface area contributed by atoms with E-state index in [1.165, 1.54) is 17.8 Å². The van der Waals surface area contributed by atoms with Crippen LogP contribution >= 0.6 is 22.4 Å². The molecule has 0 saturated heterocycles. The van der Waals surface area contributed by atoms with Crippen LogP contribution in [0.15, 0.2) is 28.3 Å². The molecule has 6 heteroatoms. The average molecular weight is 224 g/mol. The summed E-state index contributed by atoms with van der Waals surface area (Å²) in [6, 6.07) is 4.69. The number of rotatable bonds is 2. The maximum atomic E-state index is 10.8. The average Bonchev–Trinajstić information content (AvgIpc) is 2.03. The Morgan fingerprint density at radius 2 is 2.17 bits per heavy atom. The van der Waals surface area contributed by atoms with Crippen LogP contribution in [0.2, 0.25) is 0 Å². The van der Waals surface area contributed by atoms with Crippen LogP contribution in [0, 0.1) is 0 Å². The summed E-state index contributed by atoms with van der Waals surface area (Å²) in [7, 11) is 1.40. The van der Waals surface area contributed by atoms with Gasteiger partial charge >= 0.3 is 0 Å². The summed E-state index contributed by atoms with van der Waals surface area (Å²) in [4.78, 5) is 3.81. The van der Waals surface area contributed by atoms with E-state index in [9.17, 15) is 8.42 Å². The van der Waals surface area contributed by atoms with E-state index in [0.29, 0.717) is 5.03 Å². The highest BCUT2D eigenvalue weighted by Crippen LogP contribution is 2.16. The van der Waals surface area contributed by atoms with Crippen molar-refractivity contribution in [2.75, 3.05) is 6.26 Å². The first-order valence-corrected chi connectivity index (χ1v) is 6.53. The van der Waals surface area contributed by atoms with Gasteiger partial charge in [0.05, 0.1) is 5.03 Å². The van der Waals surface area contributed by atoms with Crippen LogP contribution in [0.4, 0.5) is 0 Å². The third kappa shape index (κ3) is 2.36. The fourth-order valence-corrected chi connectivity index (χ4v) is 1.81. The first-order valence-electron chi connectivity index (χ1n) is 3.00. The molecule has 1 rings (SSSR count). The standard InChI is InChI=1S/C6H6ClNO2S2/c1-11-5-3-2-4-6(8-5)12(7,9)10/h2-4H,1H3.